The number of benzene rings is 1. The molecule has 122 valence electrons. The van der Waals surface area contributed by atoms with E-state index in [-0.39, 0.29) is 12.0 Å². The van der Waals surface area contributed by atoms with Gasteiger partial charge in [0, 0.05) is 12.6 Å². The van der Waals surface area contributed by atoms with Crippen molar-refractivity contribution in [3.8, 4) is 5.75 Å². The molecule has 0 radical (unpaired) electrons. The number of hydrogen-bond acceptors (Lipinski definition) is 3. The van der Waals surface area contributed by atoms with Crippen molar-refractivity contribution >= 4 is 17.7 Å². The molecule has 0 aromatic heterocycles. The molecule has 0 unspecified atom stereocenters. The number of anilines is 1. The zero-order valence-electron chi connectivity index (χ0n) is 13.9. The van der Waals surface area contributed by atoms with E-state index in [1.165, 1.54) is 18.9 Å². The van der Waals surface area contributed by atoms with E-state index in [2.05, 4.69) is 12.2 Å². The molecule has 1 amide bonds. The fourth-order valence-corrected chi connectivity index (χ4v) is 2.03. The first-order valence-electron chi connectivity index (χ1n) is 8.05. The molecular weight excluding hydrogens is 276 g/mol. The van der Waals surface area contributed by atoms with Crippen LogP contribution in [0.4, 0.5) is 5.69 Å². The molecule has 0 fully saturated rings. The zero-order valence-corrected chi connectivity index (χ0v) is 13.9. The van der Waals surface area contributed by atoms with Crippen molar-refractivity contribution < 1.29 is 9.53 Å². The molecule has 1 aromatic carbocycles. The van der Waals surface area contributed by atoms with Crippen molar-refractivity contribution in [1.29, 1.82) is 0 Å². The van der Waals surface area contributed by atoms with Gasteiger partial charge in [-0.1, -0.05) is 32.3 Å². The largest absolute Gasteiger partial charge is 0.489 e. The highest BCUT2D eigenvalue weighted by atomic mass is 16.5. The summed E-state index contributed by atoms with van der Waals surface area (Å²) in [5.41, 5.74) is 7.41. The Labute approximate surface area is 133 Å². The summed E-state index contributed by atoms with van der Waals surface area (Å²) in [6.45, 7) is 6.81. The number of rotatable bonds is 9. The van der Waals surface area contributed by atoms with Crippen LogP contribution in [0.25, 0.3) is 6.08 Å². The molecule has 4 heteroatoms. The topological polar surface area (TPSA) is 64.3 Å². The van der Waals surface area contributed by atoms with Crippen LogP contribution < -0.4 is 15.8 Å². The number of carbonyl (C=O) groups excluding carboxylic acids is 1. The Hall–Kier alpha value is -1.97. The van der Waals surface area contributed by atoms with Crippen molar-refractivity contribution in [1.82, 2.24) is 5.32 Å². The first kappa shape index (κ1) is 18.1. The Morgan fingerprint density at radius 2 is 2.09 bits per heavy atom. The summed E-state index contributed by atoms with van der Waals surface area (Å²) >= 11 is 0. The molecule has 0 saturated heterocycles. The number of carbonyl (C=O) groups is 1. The minimum Gasteiger partial charge on any atom is -0.489 e. The number of nitrogen functional groups attached to an aromatic ring is 1. The molecule has 0 spiro atoms. The Bertz CT molecular complexity index is 496. The molecule has 0 bridgehead atoms. The van der Waals surface area contributed by atoms with Crippen molar-refractivity contribution in [2.75, 3.05) is 12.3 Å². The fraction of sp³-hybridized carbons (Fsp3) is 0.500. The predicted octanol–water partition coefficient (Wildman–Crippen LogP) is 3.77. The van der Waals surface area contributed by atoms with Gasteiger partial charge < -0.3 is 15.8 Å². The smallest absolute Gasteiger partial charge is 0.243 e. The summed E-state index contributed by atoms with van der Waals surface area (Å²) in [7, 11) is 0. The van der Waals surface area contributed by atoms with Gasteiger partial charge >= 0.3 is 0 Å². The van der Waals surface area contributed by atoms with E-state index >= 15 is 0 Å². The third-order valence-corrected chi connectivity index (χ3v) is 3.15. The minimum absolute atomic E-state index is 0.0717. The highest BCUT2D eigenvalue weighted by Crippen LogP contribution is 2.24. The molecule has 0 atom stereocenters. The molecule has 0 aliphatic rings. The Morgan fingerprint density at radius 1 is 1.32 bits per heavy atom. The minimum atomic E-state index is -0.0717. The number of nitrogens with two attached hydrogens (primary N) is 1. The highest BCUT2D eigenvalue weighted by Gasteiger charge is 2.03. The predicted molar refractivity (Wildman–Crippen MR) is 92.8 cm³/mol. The molecule has 0 aliphatic carbocycles. The van der Waals surface area contributed by atoms with Crippen LogP contribution in [0.3, 0.4) is 0 Å². The Morgan fingerprint density at radius 3 is 2.73 bits per heavy atom. The van der Waals surface area contributed by atoms with Gasteiger partial charge in [-0.05, 0) is 44.0 Å². The summed E-state index contributed by atoms with van der Waals surface area (Å²) in [4.78, 5) is 11.7. The van der Waals surface area contributed by atoms with Gasteiger partial charge in [0.05, 0.1) is 11.8 Å². The lowest BCUT2D eigenvalue weighted by Crippen LogP contribution is -2.21. The molecule has 3 N–H and O–H groups in total. The van der Waals surface area contributed by atoms with E-state index in [1.807, 2.05) is 32.0 Å². The second-order valence-corrected chi connectivity index (χ2v) is 5.65. The third kappa shape index (κ3) is 7.16. The molecule has 1 aromatic rings. The van der Waals surface area contributed by atoms with Gasteiger partial charge in [-0.3, -0.25) is 4.79 Å². The SMILES string of the molecule is CCCCCCNC(=O)/C=C\c1ccc(OC(C)C)c(N)c1. The van der Waals surface area contributed by atoms with Gasteiger partial charge in [0.2, 0.25) is 5.91 Å². The summed E-state index contributed by atoms with van der Waals surface area (Å²) < 4.78 is 5.58. The summed E-state index contributed by atoms with van der Waals surface area (Å²) in [6, 6.07) is 5.53. The lowest BCUT2D eigenvalue weighted by Gasteiger charge is -2.12. The van der Waals surface area contributed by atoms with Crippen molar-refractivity contribution in [3.63, 3.8) is 0 Å². The highest BCUT2D eigenvalue weighted by molar-refractivity contribution is 5.91. The van der Waals surface area contributed by atoms with Crippen molar-refractivity contribution in [3.05, 3.63) is 29.8 Å². The van der Waals surface area contributed by atoms with E-state index < -0.39 is 0 Å². The maximum atomic E-state index is 11.7. The van der Waals surface area contributed by atoms with Gasteiger partial charge in [-0.15, -0.1) is 0 Å². The second kappa shape index (κ2) is 9.87. The van der Waals surface area contributed by atoms with Gasteiger partial charge in [0.25, 0.3) is 0 Å². The van der Waals surface area contributed by atoms with Crippen LogP contribution in [-0.2, 0) is 4.79 Å². The lowest BCUT2D eigenvalue weighted by atomic mass is 10.1. The van der Waals surface area contributed by atoms with Crippen LogP contribution in [0.1, 0.15) is 52.0 Å². The zero-order chi connectivity index (χ0) is 16.4. The van der Waals surface area contributed by atoms with Crippen LogP contribution in [0.5, 0.6) is 5.75 Å². The normalized spacial score (nSPS) is 11.1. The van der Waals surface area contributed by atoms with Gasteiger partial charge in [-0.25, -0.2) is 0 Å². The third-order valence-electron chi connectivity index (χ3n) is 3.15. The molecular formula is C18H28N2O2. The molecule has 0 heterocycles. The van der Waals surface area contributed by atoms with Crippen LogP contribution in [0.15, 0.2) is 24.3 Å². The van der Waals surface area contributed by atoms with Crippen LogP contribution in [0, 0.1) is 0 Å². The summed E-state index contributed by atoms with van der Waals surface area (Å²) in [5, 5.41) is 2.88. The summed E-state index contributed by atoms with van der Waals surface area (Å²) in [5.74, 6) is 0.602. The monoisotopic (exact) mass is 304 g/mol. The molecule has 1 rings (SSSR count). The van der Waals surface area contributed by atoms with E-state index in [1.54, 1.807) is 6.08 Å². The van der Waals surface area contributed by atoms with Crippen molar-refractivity contribution in [2.45, 2.75) is 52.6 Å². The first-order valence-corrected chi connectivity index (χ1v) is 8.05. The van der Waals surface area contributed by atoms with Gasteiger partial charge in [0.15, 0.2) is 0 Å². The quantitative estimate of drug-likeness (QED) is 0.415. The standard InChI is InChI=1S/C18H28N2O2/c1-4-5-6-7-12-20-18(21)11-9-15-8-10-17(16(19)13-15)22-14(2)3/h8-11,13-14H,4-7,12,19H2,1-3H3,(H,20,21)/b11-9-. The Balaban J connectivity index is 2.45. The maximum absolute atomic E-state index is 11.7. The van der Waals surface area contributed by atoms with E-state index in [0.717, 1.165) is 24.9 Å². The van der Waals surface area contributed by atoms with Crippen molar-refractivity contribution in [2.24, 2.45) is 0 Å². The van der Waals surface area contributed by atoms with E-state index in [9.17, 15) is 4.79 Å². The average Bonchev–Trinajstić information content (AvgIpc) is 2.47. The second-order valence-electron chi connectivity index (χ2n) is 5.65. The van der Waals surface area contributed by atoms with E-state index in [0.29, 0.717) is 11.4 Å². The fourth-order valence-electron chi connectivity index (χ4n) is 2.03. The molecule has 0 aliphatic heterocycles. The average molecular weight is 304 g/mol. The molecule has 0 saturated carbocycles. The molecule has 22 heavy (non-hydrogen) atoms. The van der Waals surface area contributed by atoms with E-state index in [4.69, 9.17) is 10.5 Å². The van der Waals surface area contributed by atoms with Crippen LogP contribution >= 0.6 is 0 Å². The van der Waals surface area contributed by atoms with Gasteiger partial charge in [-0.2, -0.15) is 0 Å². The van der Waals surface area contributed by atoms with Crippen LogP contribution in [-0.4, -0.2) is 18.6 Å². The number of hydrogen-bond donors (Lipinski definition) is 2. The number of unbranched alkanes of at least 4 members (excludes halogenated alkanes) is 3. The number of amides is 1. The number of ether oxygens (including phenoxy) is 1. The Kier molecular flexibility index (Phi) is 8.11. The number of nitrogens with one attached hydrogen (secondary N) is 1. The van der Waals surface area contributed by atoms with Crippen LogP contribution in [0.2, 0.25) is 0 Å². The first-order chi connectivity index (χ1) is 10.5. The summed E-state index contributed by atoms with van der Waals surface area (Å²) in [6.07, 6.45) is 7.99. The lowest BCUT2D eigenvalue weighted by molar-refractivity contribution is -0.116. The maximum Gasteiger partial charge on any atom is 0.243 e. The van der Waals surface area contributed by atoms with Gasteiger partial charge in [0.1, 0.15) is 5.75 Å². The molecule has 4 nitrogen and oxygen atoms in total.